The molecule has 1 aliphatic heterocycles. The highest BCUT2D eigenvalue weighted by Gasteiger charge is 2.45. The Hall–Kier alpha value is -2.04. The molecule has 1 aromatic rings. The molecule has 0 aromatic heterocycles. The van der Waals surface area contributed by atoms with Crippen molar-refractivity contribution in [3.63, 3.8) is 0 Å². The summed E-state index contributed by atoms with van der Waals surface area (Å²) in [5.74, 6) is -0.479. The molecule has 0 bridgehead atoms. The van der Waals surface area contributed by atoms with E-state index in [0.29, 0.717) is 0 Å². The van der Waals surface area contributed by atoms with Crippen LogP contribution in [0.1, 0.15) is 11.7 Å². The first kappa shape index (κ1) is 11.4. The molecule has 0 N–H and O–H groups in total. The molecule has 17 heavy (non-hydrogen) atoms. The SMILES string of the molecule is COC(=O)[C@H]1[C@H](c2ccccc2)OC(=O)N1C. The van der Waals surface area contributed by atoms with E-state index >= 15 is 0 Å². The summed E-state index contributed by atoms with van der Waals surface area (Å²) in [6.07, 6.45) is -1.13. The first-order valence-electron chi connectivity index (χ1n) is 5.21. The van der Waals surface area contributed by atoms with Crippen molar-refractivity contribution < 1.29 is 19.1 Å². The van der Waals surface area contributed by atoms with E-state index < -0.39 is 24.2 Å². The summed E-state index contributed by atoms with van der Waals surface area (Å²) in [6.45, 7) is 0. The monoisotopic (exact) mass is 235 g/mol. The van der Waals surface area contributed by atoms with E-state index in [1.807, 2.05) is 30.3 Å². The minimum absolute atomic E-state index is 0.479. The largest absolute Gasteiger partial charge is 0.467 e. The van der Waals surface area contributed by atoms with Gasteiger partial charge in [-0.3, -0.25) is 4.90 Å². The van der Waals surface area contributed by atoms with Gasteiger partial charge in [-0.15, -0.1) is 0 Å². The number of esters is 1. The van der Waals surface area contributed by atoms with Crippen LogP contribution in [-0.4, -0.2) is 37.2 Å². The van der Waals surface area contributed by atoms with Crippen LogP contribution in [0.4, 0.5) is 4.79 Å². The molecular formula is C12H13NO4. The van der Waals surface area contributed by atoms with Crippen molar-refractivity contribution >= 4 is 12.1 Å². The maximum atomic E-state index is 11.7. The standard InChI is InChI=1S/C12H13NO4/c1-13-9(11(14)16-2)10(17-12(13)15)8-6-4-3-5-7-8/h3-7,9-10H,1-2H3/t9-,10+/m1/s1. The molecule has 0 spiro atoms. The van der Waals surface area contributed by atoms with E-state index in [-0.39, 0.29) is 0 Å². The Kier molecular flexibility index (Phi) is 2.99. The third-order valence-corrected chi connectivity index (χ3v) is 2.79. The van der Waals surface area contributed by atoms with Crippen molar-refractivity contribution in [1.82, 2.24) is 4.90 Å². The maximum Gasteiger partial charge on any atom is 0.411 e. The molecule has 0 aliphatic carbocycles. The second kappa shape index (κ2) is 4.45. The zero-order valence-electron chi connectivity index (χ0n) is 9.62. The molecule has 1 aromatic carbocycles. The zero-order valence-corrected chi connectivity index (χ0v) is 9.62. The highest BCUT2D eigenvalue weighted by atomic mass is 16.6. The van der Waals surface area contributed by atoms with E-state index in [1.165, 1.54) is 19.1 Å². The van der Waals surface area contributed by atoms with Gasteiger partial charge < -0.3 is 9.47 Å². The molecule has 5 heteroatoms. The second-order valence-electron chi connectivity index (χ2n) is 3.79. The molecule has 1 heterocycles. The molecule has 90 valence electrons. The summed E-state index contributed by atoms with van der Waals surface area (Å²) in [4.78, 5) is 24.4. The fourth-order valence-corrected chi connectivity index (χ4v) is 1.87. The number of nitrogens with zero attached hydrogens (tertiary/aromatic N) is 1. The summed E-state index contributed by atoms with van der Waals surface area (Å²) in [7, 11) is 2.81. The number of benzene rings is 1. The van der Waals surface area contributed by atoms with Crippen LogP contribution < -0.4 is 0 Å². The third-order valence-electron chi connectivity index (χ3n) is 2.79. The summed E-state index contributed by atoms with van der Waals surface area (Å²) in [5.41, 5.74) is 0.778. The van der Waals surface area contributed by atoms with E-state index in [1.54, 1.807) is 0 Å². The number of amides is 1. The molecule has 5 nitrogen and oxygen atoms in total. The van der Waals surface area contributed by atoms with Crippen molar-refractivity contribution in [3.8, 4) is 0 Å². The van der Waals surface area contributed by atoms with Gasteiger partial charge in [0, 0.05) is 7.05 Å². The topological polar surface area (TPSA) is 55.8 Å². The van der Waals surface area contributed by atoms with Crippen molar-refractivity contribution in [2.24, 2.45) is 0 Å². The number of carbonyl (C=O) groups is 2. The molecule has 2 rings (SSSR count). The van der Waals surface area contributed by atoms with Gasteiger partial charge in [-0.2, -0.15) is 0 Å². The van der Waals surface area contributed by atoms with Gasteiger partial charge in [0.15, 0.2) is 12.1 Å². The smallest absolute Gasteiger partial charge is 0.411 e. The second-order valence-corrected chi connectivity index (χ2v) is 3.79. The van der Waals surface area contributed by atoms with Gasteiger partial charge in [-0.1, -0.05) is 30.3 Å². The van der Waals surface area contributed by atoms with Gasteiger partial charge >= 0.3 is 12.1 Å². The average molecular weight is 235 g/mol. The number of ether oxygens (including phenoxy) is 2. The van der Waals surface area contributed by atoms with E-state index in [4.69, 9.17) is 9.47 Å². The number of methoxy groups -OCH3 is 1. The van der Waals surface area contributed by atoms with Gasteiger partial charge in [-0.05, 0) is 5.56 Å². The quantitative estimate of drug-likeness (QED) is 0.726. The minimum Gasteiger partial charge on any atom is -0.467 e. The van der Waals surface area contributed by atoms with Crippen molar-refractivity contribution in [2.45, 2.75) is 12.1 Å². The predicted molar refractivity (Wildman–Crippen MR) is 59.2 cm³/mol. The van der Waals surface area contributed by atoms with E-state index in [9.17, 15) is 9.59 Å². The van der Waals surface area contributed by atoms with Gasteiger partial charge in [0.1, 0.15) is 0 Å². The number of hydrogen-bond acceptors (Lipinski definition) is 4. The number of cyclic esters (lactones) is 1. The van der Waals surface area contributed by atoms with Gasteiger partial charge in [0.05, 0.1) is 7.11 Å². The first-order chi connectivity index (χ1) is 8.15. The van der Waals surface area contributed by atoms with Crippen molar-refractivity contribution in [1.29, 1.82) is 0 Å². The summed E-state index contributed by atoms with van der Waals surface area (Å²) in [6, 6.07) is 8.41. The molecule has 1 amide bonds. The van der Waals surface area contributed by atoms with Crippen LogP contribution in [0.15, 0.2) is 30.3 Å². The lowest BCUT2D eigenvalue weighted by molar-refractivity contribution is -0.146. The van der Waals surface area contributed by atoms with Gasteiger partial charge in [0.2, 0.25) is 0 Å². The van der Waals surface area contributed by atoms with Gasteiger partial charge in [0.25, 0.3) is 0 Å². The maximum absolute atomic E-state index is 11.7. The molecule has 0 radical (unpaired) electrons. The number of likely N-dealkylation sites (N-methyl/N-ethyl adjacent to an activating group) is 1. The van der Waals surface area contributed by atoms with Crippen LogP contribution >= 0.6 is 0 Å². The predicted octanol–water partition coefficient (Wildman–Crippen LogP) is 1.35. The van der Waals surface area contributed by atoms with Crippen LogP contribution in [0.3, 0.4) is 0 Å². The average Bonchev–Trinajstić information content (AvgIpc) is 2.66. The molecule has 0 unspecified atom stereocenters. The van der Waals surface area contributed by atoms with Gasteiger partial charge in [-0.25, -0.2) is 9.59 Å². The number of carbonyl (C=O) groups excluding carboxylic acids is 2. The molecular weight excluding hydrogens is 222 g/mol. The van der Waals surface area contributed by atoms with E-state index in [0.717, 1.165) is 5.56 Å². The fourth-order valence-electron chi connectivity index (χ4n) is 1.87. The Morgan fingerprint density at radius 3 is 2.59 bits per heavy atom. The normalized spacial score (nSPS) is 23.4. The molecule has 1 saturated heterocycles. The van der Waals surface area contributed by atoms with Crippen LogP contribution in [-0.2, 0) is 14.3 Å². The fraction of sp³-hybridized carbons (Fsp3) is 0.333. The highest BCUT2D eigenvalue weighted by Crippen LogP contribution is 2.31. The Morgan fingerprint density at radius 1 is 1.35 bits per heavy atom. The molecule has 1 aliphatic rings. The minimum atomic E-state index is -0.727. The lowest BCUT2D eigenvalue weighted by Crippen LogP contribution is -2.38. The lowest BCUT2D eigenvalue weighted by Gasteiger charge is -2.18. The summed E-state index contributed by atoms with van der Waals surface area (Å²) >= 11 is 0. The summed E-state index contributed by atoms with van der Waals surface area (Å²) < 4.78 is 9.87. The molecule has 0 saturated carbocycles. The van der Waals surface area contributed by atoms with Crippen LogP contribution in [0.25, 0.3) is 0 Å². The highest BCUT2D eigenvalue weighted by molar-refractivity contribution is 5.85. The van der Waals surface area contributed by atoms with Crippen LogP contribution in [0, 0.1) is 0 Å². The van der Waals surface area contributed by atoms with Crippen LogP contribution in [0.5, 0.6) is 0 Å². The molecule has 2 atom stereocenters. The Labute approximate surface area is 98.9 Å². The number of rotatable bonds is 2. The van der Waals surface area contributed by atoms with E-state index in [2.05, 4.69) is 0 Å². The zero-order chi connectivity index (χ0) is 12.4. The Bertz CT molecular complexity index is 431. The van der Waals surface area contributed by atoms with Crippen LogP contribution in [0.2, 0.25) is 0 Å². The summed E-state index contributed by atoms with van der Waals surface area (Å²) in [5, 5.41) is 0. The Morgan fingerprint density at radius 2 is 2.00 bits per heavy atom. The third kappa shape index (κ3) is 1.95. The Balaban J connectivity index is 2.33. The van der Waals surface area contributed by atoms with Crippen molar-refractivity contribution in [3.05, 3.63) is 35.9 Å². The first-order valence-corrected chi connectivity index (χ1v) is 5.21. The number of hydrogen-bond donors (Lipinski definition) is 0. The van der Waals surface area contributed by atoms with Crippen molar-refractivity contribution in [2.75, 3.05) is 14.2 Å². The molecule has 1 fully saturated rings. The lowest BCUT2D eigenvalue weighted by atomic mass is 10.0.